The van der Waals surface area contributed by atoms with Gasteiger partial charge in [0.2, 0.25) is 0 Å². The highest BCUT2D eigenvalue weighted by molar-refractivity contribution is 5.93. The molecule has 1 atom stereocenters. The second kappa shape index (κ2) is 13.6. The minimum atomic E-state index is -0.949. The summed E-state index contributed by atoms with van der Waals surface area (Å²) in [5.41, 5.74) is 4.62. The van der Waals surface area contributed by atoms with Gasteiger partial charge in [0.05, 0.1) is 31.9 Å². The first-order valence-electron chi connectivity index (χ1n) is 15.0. The Bertz CT molecular complexity index is 1730. The number of carboxylic acid groups (broad SMARTS) is 1. The first-order valence-corrected chi connectivity index (χ1v) is 15.0. The van der Waals surface area contributed by atoms with E-state index in [1.165, 1.54) is 5.57 Å². The van der Waals surface area contributed by atoms with Crippen LogP contribution in [0.2, 0.25) is 0 Å². The molecular weight excluding hydrogens is 577 g/mol. The number of hydrogen-bond donors (Lipinski definition) is 2. The van der Waals surface area contributed by atoms with E-state index < -0.39 is 29.5 Å². The number of nitrogens with one attached hydrogen (secondary N) is 1. The fraction of sp³-hybridized carbons (Fsp3) is 0.333. The number of furan rings is 1. The summed E-state index contributed by atoms with van der Waals surface area (Å²) in [6, 6.07) is 15.3. The predicted octanol–water partition coefficient (Wildman–Crippen LogP) is 8.22. The summed E-state index contributed by atoms with van der Waals surface area (Å²) in [5, 5.41) is 12.8. The van der Waals surface area contributed by atoms with Gasteiger partial charge in [0.1, 0.15) is 29.4 Å². The smallest absolute Gasteiger partial charge is 0.408 e. The number of halogens is 1. The lowest BCUT2D eigenvalue weighted by molar-refractivity contribution is -0.136. The highest BCUT2D eigenvalue weighted by Gasteiger charge is 2.22. The number of aliphatic carboxylic acids is 1. The molecule has 0 saturated carbocycles. The normalized spacial score (nSPS) is 14.2. The minimum absolute atomic E-state index is 0.121. The van der Waals surface area contributed by atoms with E-state index in [9.17, 15) is 14.7 Å². The van der Waals surface area contributed by atoms with Gasteiger partial charge in [0.15, 0.2) is 0 Å². The van der Waals surface area contributed by atoms with Crippen LogP contribution in [0.3, 0.4) is 0 Å². The average molecular weight is 616 g/mol. The lowest BCUT2D eigenvalue weighted by Gasteiger charge is -2.22. The van der Waals surface area contributed by atoms with Crippen LogP contribution in [-0.2, 0) is 27.3 Å². The molecular formula is C36H38FNO7. The van der Waals surface area contributed by atoms with E-state index in [1.807, 2.05) is 12.1 Å². The number of benzene rings is 3. The summed E-state index contributed by atoms with van der Waals surface area (Å²) in [6.45, 7) is 8.42. The monoisotopic (exact) mass is 615 g/mol. The van der Waals surface area contributed by atoms with Gasteiger partial charge in [0, 0.05) is 33.2 Å². The summed E-state index contributed by atoms with van der Waals surface area (Å²) >= 11 is 0. The van der Waals surface area contributed by atoms with Crippen LogP contribution in [0.25, 0.3) is 28.2 Å². The number of carbonyl (C=O) groups excluding carboxylic acids is 1. The highest BCUT2D eigenvalue weighted by Crippen LogP contribution is 2.36. The van der Waals surface area contributed by atoms with Crippen molar-refractivity contribution < 1.29 is 37.7 Å². The number of carboxylic acids is 1. The molecule has 1 aliphatic heterocycles. The largest absolute Gasteiger partial charge is 0.488 e. The van der Waals surface area contributed by atoms with E-state index in [-0.39, 0.29) is 13.0 Å². The van der Waals surface area contributed by atoms with Crippen molar-refractivity contribution in [2.45, 2.75) is 65.2 Å². The molecule has 3 aromatic carbocycles. The molecule has 0 radical (unpaired) electrons. The number of rotatable bonds is 9. The first-order chi connectivity index (χ1) is 21.5. The van der Waals surface area contributed by atoms with E-state index in [2.05, 4.69) is 11.4 Å². The molecule has 8 nitrogen and oxygen atoms in total. The summed E-state index contributed by atoms with van der Waals surface area (Å²) in [7, 11) is 0. The zero-order valence-electron chi connectivity index (χ0n) is 25.9. The summed E-state index contributed by atoms with van der Waals surface area (Å²) in [4.78, 5) is 23.8. The summed E-state index contributed by atoms with van der Waals surface area (Å²) < 4.78 is 39.3. The number of alkyl carbamates (subject to hydrolysis) is 1. The molecule has 9 heteroatoms. The van der Waals surface area contributed by atoms with Crippen LogP contribution < -0.4 is 10.1 Å². The number of para-hydroxylation sites is 1. The maximum absolute atomic E-state index is 16.2. The van der Waals surface area contributed by atoms with Gasteiger partial charge in [-0.3, -0.25) is 4.79 Å². The van der Waals surface area contributed by atoms with Crippen LogP contribution in [0, 0.1) is 5.82 Å². The zero-order valence-corrected chi connectivity index (χ0v) is 25.9. The Kier molecular flexibility index (Phi) is 9.58. The van der Waals surface area contributed by atoms with Gasteiger partial charge in [-0.2, -0.15) is 0 Å². The fourth-order valence-electron chi connectivity index (χ4n) is 5.37. The zero-order chi connectivity index (χ0) is 32.1. The van der Waals surface area contributed by atoms with Gasteiger partial charge in [-0.25, -0.2) is 9.18 Å². The Morgan fingerprint density at radius 1 is 1.07 bits per heavy atom. The Balaban J connectivity index is 1.53. The standard InChI is InChI=1S/C36H38FNO7/c1-22(38-35(41)45-36(2,3)4)28-9-7-10-29(33(28)37)25-17-26(16-23-12-14-42-15-13-23)34-30(18-25)27(21-44-34)20-43-31-11-6-5-8-24(31)19-32(39)40/h5-11,16-18,21-22H,12-15,19-20H2,1-4H3,(H,38,41)(H,39,40). The number of amides is 1. The van der Waals surface area contributed by atoms with Gasteiger partial charge in [-0.05, 0) is 64.3 Å². The van der Waals surface area contributed by atoms with Crippen molar-refractivity contribution in [3.63, 3.8) is 0 Å². The van der Waals surface area contributed by atoms with Crippen LogP contribution in [0.1, 0.15) is 68.8 Å². The molecule has 5 rings (SSSR count). The van der Waals surface area contributed by atoms with Gasteiger partial charge in [0.25, 0.3) is 0 Å². The number of hydrogen-bond acceptors (Lipinski definition) is 6. The van der Waals surface area contributed by atoms with Crippen molar-refractivity contribution in [2.24, 2.45) is 0 Å². The molecule has 1 aliphatic rings. The molecule has 0 aliphatic carbocycles. The van der Waals surface area contributed by atoms with Crippen molar-refractivity contribution in [3.05, 3.63) is 94.5 Å². The molecule has 1 fully saturated rings. The fourth-order valence-corrected chi connectivity index (χ4v) is 5.37. The van der Waals surface area contributed by atoms with Crippen molar-refractivity contribution in [1.82, 2.24) is 5.32 Å². The SMILES string of the molecule is CC(NC(=O)OC(C)(C)C)c1cccc(-c2cc(C=C3CCOCC3)c3occ(COc4ccccc4CC(=O)O)c3c2)c1F. The van der Waals surface area contributed by atoms with Gasteiger partial charge in [-0.1, -0.05) is 48.0 Å². The second-order valence-electron chi connectivity index (χ2n) is 12.2. The highest BCUT2D eigenvalue weighted by atomic mass is 19.1. The maximum atomic E-state index is 16.2. The van der Waals surface area contributed by atoms with E-state index in [4.69, 9.17) is 18.6 Å². The summed E-state index contributed by atoms with van der Waals surface area (Å²) in [5.74, 6) is -0.927. The molecule has 2 heterocycles. The van der Waals surface area contributed by atoms with E-state index >= 15 is 4.39 Å². The van der Waals surface area contributed by atoms with E-state index in [0.29, 0.717) is 46.8 Å². The molecule has 0 spiro atoms. The molecule has 236 valence electrons. The third kappa shape index (κ3) is 7.91. The summed E-state index contributed by atoms with van der Waals surface area (Å²) in [6.07, 6.45) is 4.50. The molecule has 1 aromatic heterocycles. The maximum Gasteiger partial charge on any atom is 0.408 e. The van der Waals surface area contributed by atoms with Gasteiger partial charge < -0.3 is 29.1 Å². The molecule has 1 saturated heterocycles. The molecule has 45 heavy (non-hydrogen) atoms. The van der Waals surface area contributed by atoms with Crippen molar-refractivity contribution >= 4 is 29.1 Å². The second-order valence-corrected chi connectivity index (χ2v) is 12.2. The third-order valence-electron chi connectivity index (χ3n) is 7.51. The average Bonchev–Trinajstić information content (AvgIpc) is 3.39. The van der Waals surface area contributed by atoms with E-state index in [1.54, 1.807) is 76.4 Å². The lowest BCUT2D eigenvalue weighted by atomic mass is 9.94. The topological polar surface area (TPSA) is 107 Å². The van der Waals surface area contributed by atoms with Crippen LogP contribution in [0.15, 0.2) is 70.9 Å². The van der Waals surface area contributed by atoms with Crippen molar-refractivity contribution in [1.29, 1.82) is 0 Å². The van der Waals surface area contributed by atoms with Gasteiger partial charge >= 0.3 is 12.1 Å². The van der Waals surface area contributed by atoms with Crippen LogP contribution in [0.5, 0.6) is 5.75 Å². The predicted molar refractivity (Wildman–Crippen MR) is 170 cm³/mol. The molecule has 1 amide bonds. The van der Waals surface area contributed by atoms with Crippen LogP contribution in [0.4, 0.5) is 9.18 Å². The molecule has 0 bridgehead atoms. The molecule has 1 unspecified atom stereocenters. The van der Waals surface area contributed by atoms with Crippen molar-refractivity contribution in [3.8, 4) is 16.9 Å². The van der Waals surface area contributed by atoms with Crippen LogP contribution >= 0.6 is 0 Å². The Hall–Kier alpha value is -4.63. The molecule has 4 aromatic rings. The minimum Gasteiger partial charge on any atom is -0.488 e. The number of ether oxygens (including phenoxy) is 3. The van der Waals surface area contributed by atoms with E-state index in [0.717, 1.165) is 29.4 Å². The number of carbonyl (C=O) groups is 2. The Morgan fingerprint density at radius 2 is 1.82 bits per heavy atom. The quantitative estimate of drug-likeness (QED) is 0.195. The third-order valence-corrected chi connectivity index (χ3v) is 7.51. The Labute approximate surface area is 261 Å². The lowest BCUT2D eigenvalue weighted by Crippen LogP contribution is -2.34. The number of fused-ring (bicyclic) bond motifs is 1. The first kappa shape index (κ1) is 31.8. The van der Waals surface area contributed by atoms with Crippen LogP contribution in [-0.4, -0.2) is 36.0 Å². The van der Waals surface area contributed by atoms with Crippen molar-refractivity contribution in [2.75, 3.05) is 13.2 Å². The molecule has 2 N–H and O–H groups in total. The van der Waals surface area contributed by atoms with Gasteiger partial charge in [-0.15, -0.1) is 0 Å². The Morgan fingerprint density at radius 3 is 2.56 bits per heavy atom.